The number of hydrogen-bond acceptors (Lipinski definition) is 12. The molecule has 3 rings (SSSR count). The molecule has 0 aliphatic carbocycles. The summed E-state index contributed by atoms with van der Waals surface area (Å²) >= 11 is 0. The van der Waals surface area contributed by atoms with E-state index in [1.54, 1.807) is 28.1 Å². The predicted octanol–water partition coefficient (Wildman–Crippen LogP) is 4.33. The lowest BCUT2D eigenvalue weighted by Gasteiger charge is -2.39. The number of carbonyl (C=O) groups excluding carboxylic acids is 3. The number of carboxylic acid groups (broad SMARTS) is 1. The van der Waals surface area contributed by atoms with Crippen molar-refractivity contribution in [1.29, 1.82) is 0 Å². The summed E-state index contributed by atoms with van der Waals surface area (Å²) in [6.45, 7) is 5.40. The van der Waals surface area contributed by atoms with E-state index < -0.39 is 28.4 Å². The van der Waals surface area contributed by atoms with E-state index in [4.69, 9.17) is 39.4 Å². The van der Waals surface area contributed by atoms with Gasteiger partial charge in [-0.15, -0.1) is 0 Å². The zero-order valence-corrected chi connectivity index (χ0v) is 32.1. The van der Waals surface area contributed by atoms with E-state index in [0.29, 0.717) is 11.5 Å². The minimum atomic E-state index is -1.06. The molecule has 0 saturated heterocycles. The summed E-state index contributed by atoms with van der Waals surface area (Å²) in [7, 11) is 3.23. The van der Waals surface area contributed by atoms with Crippen LogP contribution in [-0.4, -0.2) is 103 Å². The summed E-state index contributed by atoms with van der Waals surface area (Å²) in [5.41, 5.74) is -0.0735. The number of aliphatic carboxylic acids is 1. The first-order valence-electron chi connectivity index (χ1n) is 17.4. The average molecular weight is 757 g/mol. The number of rotatable bonds is 20. The number of methoxy groups -OCH3 is 2. The molecule has 3 aromatic carbocycles. The molecular weight excluding hydrogens is 700 g/mol. The largest absolute Gasteiger partial charge is 0.497 e. The maximum atomic E-state index is 12.2. The van der Waals surface area contributed by atoms with Crippen LogP contribution in [0.1, 0.15) is 70.1 Å². The van der Waals surface area contributed by atoms with Gasteiger partial charge in [0, 0.05) is 23.7 Å². The van der Waals surface area contributed by atoms with E-state index in [9.17, 15) is 24.3 Å². The molecule has 0 heterocycles. The van der Waals surface area contributed by atoms with Gasteiger partial charge in [-0.2, -0.15) is 0 Å². The number of aliphatic hydroxyl groups excluding tert-OH is 4. The molecule has 0 aromatic heterocycles. The number of ketones is 2. The number of Topliss-reactive ketones (excluding diaryl/α,β-unsaturated/α-hetero) is 2. The van der Waals surface area contributed by atoms with Crippen molar-refractivity contribution in [3.8, 4) is 11.5 Å². The summed E-state index contributed by atoms with van der Waals surface area (Å²) in [6.07, 6.45) is 0.227. The average Bonchev–Trinajstić information content (AvgIpc) is 3.19. The monoisotopic (exact) mass is 756 g/mol. The van der Waals surface area contributed by atoms with E-state index in [1.165, 1.54) is 13.8 Å². The molecule has 0 radical (unpaired) electrons. The lowest BCUT2D eigenvalue weighted by atomic mass is 9.79. The van der Waals surface area contributed by atoms with Crippen LogP contribution in [-0.2, 0) is 34.3 Å². The molecule has 0 saturated carbocycles. The molecule has 3 aromatic rings. The lowest BCUT2D eigenvalue weighted by Crippen LogP contribution is -2.41. The number of ether oxygens (including phenoxy) is 4. The highest BCUT2D eigenvalue weighted by Crippen LogP contribution is 2.42. The number of hydrogen-bond donors (Lipinski definition) is 5. The van der Waals surface area contributed by atoms with Crippen LogP contribution in [0.4, 0.5) is 0 Å². The highest BCUT2D eigenvalue weighted by atomic mass is 16.5. The Bertz CT molecular complexity index is 1480. The van der Waals surface area contributed by atoms with Gasteiger partial charge < -0.3 is 54.1 Å². The van der Waals surface area contributed by atoms with Crippen molar-refractivity contribution < 1.29 is 63.7 Å². The van der Waals surface area contributed by atoms with Gasteiger partial charge >= 0.3 is 11.9 Å². The molecule has 0 amide bonds. The molecule has 0 bridgehead atoms. The highest BCUT2D eigenvalue weighted by molar-refractivity contribution is 5.81. The summed E-state index contributed by atoms with van der Waals surface area (Å²) < 4.78 is 23.0. The van der Waals surface area contributed by atoms with Gasteiger partial charge in [-0.1, -0.05) is 68.4 Å². The molecule has 54 heavy (non-hydrogen) atoms. The second kappa shape index (κ2) is 23.9. The lowest BCUT2D eigenvalue weighted by molar-refractivity contribution is -0.152. The maximum Gasteiger partial charge on any atom is 0.306 e. The molecule has 5 N–H and O–H groups in total. The van der Waals surface area contributed by atoms with E-state index in [0.717, 1.165) is 16.7 Å². The van der Waals surface area contributed by atoms with Crippen molar-refractivity contribution in [3.05, 3.63) is 95.6 Å². The van der Waals surface area contributed by atoms with Gasteiger partial charge in [-0.25, -0.2) is 0 Å². The van der Waals surface area contributed by atoms with Crippen LogP contribution >= 0.6 is 0 Å². The molecule has 1 unspecified atom stereocenters. The maximum absolute atomic E-state index is 12.2. The summed E-state index contributed by atoms with van der Waals surface area (Å²) in [5, 5.41) is 43.7. The van der Waals surface area contributed by atoms with Crippen molar-refractivity contribution in [1.82, 2.24) is 0 Å². The third-order valence-corrected chi connectivity index (χ3v) is 8.29. The number of esters is 1. The second-order valence-corrected chi connectivity index (χ2v) is 13.5. The highest BCUT2D eigenvalue weighted by Gasteiger charge is 2.40. The number of aliphatic hydroxyl groups is 4. The van der Waals surface area contributed by atoms with Gasteiger partial charge in [0.2, 0.25) is 0 Å². The first kappa shape index (κ1) is 47.4. The molecule has 0 spiro atoms. The number of benzene rings is 3. The molecule has 0 fully saturated rings. The smallest absolute Gasteiger partial charge is 0.306 e. The molecule has 0 aliphatic heterocycles. The molecule has 1 atom stereocenters. The van der Waals surface area contributed by atoms with Crippen LogP contribution < -0.4 is 9.47 Å². The number of carbonyl (C=O) groups is 4. The summed E-state index contributed by atoms with van der Waals surface area (Å²) in [6, 6.07) is 25.1. The molecule has 298 valence electrons. The van der Waals surface area contributed by atoms with Gasteiger partial charge in [0.15, 0.2) is 0 Å². The van der Waals surface area contributed by atoms with Crippen LogP contribution in [0.25, 0.3) is 0 Å². The Morgan fingerprint density at radius 3 is 1.30 bits per heavy atom. The minimum Gasteiger partial charge on any atom is -0.497 e. The standard InChI is InChI=1S/C31H36O7.C5H12O3.C5H8O3/c1-23(33)10-19-29(34)37-21-30(2,20-32)22-38-31(24-8-6-5-7-9-24,25-11-15-27(35-3)16-12-25)26-13-17-28(36-4)18-14-26;1-5(2-6,3-7)4-8;1-4(6)2-3-5(7)8/h5-9,11-18,32H,10,19-22H2,1-4H3;6-8H,2-4H2,1H3;2-3H2,1H3,(H,7,8). The minimum absolute atomic E-state index is 0.00332. The quantitative estimate of drug-likeness (QED) is 0.0805. The zero-order chi connectivity index (χ0) is 40.8. The van der Waals surface area contributed by atoms with E-state index in [2.05, 4.69) is 0 Å². The van der Waals surface area contributed by atoms with Crippen molar-refractivity contribution in [2.24, 2.45) is 10.8 Å². The van der Waals surface area contributed by atoms with Gasteiger partial charge in [0.05, 0.1) is 60.1 Å². The molecule has 13 nitrogen and oxygen atoms in total. The second-order valence-electron chi connectivity index (χ2n) is 13.5. The predicted molar refractivity (Wildman–Crippen MR) is 201 cm³/mol. The number of carboxylic acids is 1. The fraction of sp³-hybridized carbons (Fsp3) is 0.463. The Balaban J connectivity index is 0.000000757. The van der Waals surface area contributed by atoms with Crippen LogP contribution in [0.5, 0.6) is 11.5 Å². The SMILES string of the molecule is CC(=O)CCC(=O)O.CC(CO)(CO)CO.COc1ccc(C(OCC(C)(CO)COC(=O)CCC(C)=O)(c2ccccc2)c2ccc(OC)cc2)cc1. The Kier molecular flexibility index (Phi) is 21.0. The van der Waals surface area contributed by atoms with E-state index in [-0.39, 0.29) is 76.9 Å². The van der Waals surface area contributed by atoms with Gasteiger partial charge in [-0.05, 0) is 54.8 Å². The Morgan fingerprint density at radius 2 is 0.963 bits per heavy atom. The summed E-state index contributed by atoms with van der Waals surface area (Å²) in [4.78, 5) is 43.2. The zero-order valence-electron chi connectivity index (χ0n) is 32.1. The van der Waals surface area contributed by atoms with Gasteiger partial charge in [0.1, 0.15) is 35.3 Å². The van der Waals surface area contributed by atoms with E-state index >= 15 is 0 Å². The fourth-order valence-electron chi connectivity index (χ4n) is 4.53. The third-order valence-electron chi connectivity index (χ3n) is 8.29. The summed E-state index contributed by atoms with van der Waals surface area (Å²) in [5.74, 6) is -0.139. The Labute approximate surface area is 317 Å². The van der Waals surface area contributed by atoms with Gasteiger partial charge in [-0.3, -0.25) is 9.59 Å². The molecule has 13 heteroatoms. The van der Waals surface area contributed by atoms with Crippen molar-refractivity contribution >= 4 is 23.5 Å². The van der Waals surface area contributed by atoms with Crippen molar-refractivity contribution in [2.75, 3.05) is 53.9 Å². The van der Waals surface area contributed by atoms with Crippen LogP contribution in [0, 0.1) is 10.8 Å². The molecule has 0 aliphatic rings. The Morgan fingerprint density at radius 1 is 0.556 bits per heavy atom. The fourth-order valence-corrected chi connectivity index (χ4v) is 4.53. The van der Waals surface area contributed by atoms with E-state index in [1.807, 2.05) is 78.9 Å². The first-order chi connectivity index (χ1) is 25.6. The topological polar surface area (TPSA) is 206 Å². The van der Waals surface area contributed by atoms with Crippen LogP contribution in [0.3, 0.4) is 0 Å². The first-order valence-corrected chi connectivity index (χ1v) is 17.4. The van der Waals surface area contributed by atoms with Crippen molar-refractivity contribution in [2.45, 2.75) is 59.0 Å². The normalized spacial score (nSPS) is 12.1. The van der Waals surface area contributed by atoms with Crippen LogP contribution in [0.15, 0.2) is 78.9 Å². The Hall–Kier alpha value is -4.66. The molecular formula is C41H56O13. The van der Waals surface area contributed by atoms with Gasteiger partial charge in [0.25, 0.3) is 0 Å². The van der Waals surface area contributed by atoms with Crippen LogP contribution in [0.2, 0.25) is 0 Å². The van der Waals surface area contributed by atoms with Crippen molar-refractivity contribution in [3.63, 3.8) is 0 Å². The third kappa shape index (κ3) is 15.7.